The van der Waals surface area contributed by atoms with Gasteiger partial charge in [-0.2, -0.15) is 0 Å². The van der Waals surface area contributed by atoms with Gasteiger partial charge in [0.15, 0.2) is 0 Å². The normalized spacial score (nSPS) is 19.9. The summed E-state index contributed by atoms with van der Waals surface area (Å²) >= 11 is 1.71. The molecule has 5 rings (SSSR count). The number of carboxylic acids is 1. The number of likely N-dealkylation sites (tertiary alicyclic amines) is 1. The maximum absolute atomic E-state index is 12.7. The number of thiophene rings is 1. The molecule has 1 aromatic carbocycles. The second-order valence-electron chi connectivity index (χ2n) is 8.21. The van der Waals surface area contributed by atoms with Crippen LogP contribution in [0.1, 0.15) is 18.0 Å². The third-order valence-electron chi connectivity index (χ3n) is 6.08. The second kappa shape index (κ2) is 7.94. The lowest BCUT2D eigenvalue weighted by Gasteiger charge is -2.43. The molecule has 1 saturated heterocycles. The van der Waals surface area contributed by atoms with Crippen molar-refractivity contribution in [1.29, 1.82) is 0 Å². The predicted octanol–water partition coefficient (Wildman–Crippen LogP) is 2.78. The molecule has 0 aliphatic carbocycles. The molecular formula is C23H22N2O5S. The number of hydrogen-bond donors (Lipinski definition) is 1. The van der Waals surface area contributed by atoms with Crippen molar-refractivity contribution in [2.24, 2.45) is 5.92 Å². The highest BCUT2D eigenvalue weighted by molar-refractivity contribution is 7.22. The van der Waals surface area contributed by atoms with Crippen molar-refractivity contribution < 1.29 is 19.4 Å². The zero-order chi connectivity index (χ0) is 21.5. The number of rotatable bonds is 5. The van der Waals surface area contributed by atoms with Crippen LogP contribution in [0, 0.1) is 5.92 Å². The van der Waals surface area contributed by atoms with Gasteiger partial charge in [-0.15, -0.1) is 11.3 Å². The van der Waals surface area contributed by atoms with Crippen molar-refractivity contribution in [2.45, 2.75) is 18.9 Å². The van der Waals surface area contributed by atoms with Crippen LogP contribution in [0.4, 0.5) is 0 Å². The number of piperidine rings is 1. The first kappa shape index (κ1) is 20.0. The molecule has 2 atom stereocenters. The van der Waals surface area contributed by atoms with Gasteiger partial charge in [-0.25, -0.2) is 4.79 Å². The molecule has 4 heterocycles. The molecular weight excluding hydrogens is 416 g/mol. The molecule has 2 bridgehead atoms. The molecule has 160 valence electrons. The van der Waals surface area contributed by atoms with Crippen LogP contribution in [0.5, 0.6) is 0 Å². The smallest absolute Gasteiger partial charge is 0.329 e. The summed E-state index contributed by atoms with van der Waals surface area (Å²) in [7, 11) is 0. The topological polar surface area (TPSA) is 88.8 Å². The molecule has 1 fully saturated rings. The summed E-state index contributed by atoms with van der Waals surface area (Å²) < 4.78 is 8.09. The van der Waals surface area contributed by atoms with Gasteiger partial charge in [0.1, 0.15) is 13.2 Å². The van der Waals surface area contributed by atoms with E-state index in [-0.39, 0.29) is 29.9 Å². The minimum Gasteiger partial charge on any atom is -0.480 e. The highest BCUT2D eigenvalue weighted by atomic mass is 32.1. The number of ether oxygens (including phenoxy) is 1. The standard InChI is InChI=1S/C23H22N2O5S/c26-20-6-5-17(19-8-15-3-1-2-4-18(15)31-19)23-16-7-14(10-25(20)23)9-24(11-16)21(27)12-30-13-22(28)29/h1-6,8,14,16H,7,9-13H2,(H,28,29). The molecule has 0 spiro atoms. The van der Waals surface area contributed by atoms with Crippen molar-refractivity contribution in [3.63, 3.8) is 0 Å². The van der Waals surface area contributed by atoms with Crippen molar-refractivity contribution in [3.8, 4) is 10.4 Å². The zero-order valence-corrected chi connectivity index (χ0v) is 17.6. The summed E-state index contributed by atoms with van der Waals surface area (Å²) in [5, 5.41) is 9.89. The Balaban J connectivity index is 1.47. The van der Waals surface area contributed by atoms with Gasteiger partial charge in [-0.3, -0.25) is 9.59 Å². The van der Waals surface area contributed by atoms with Crippen molar-refractivity contribution in [1.82, 2.24) is 9.47 Å². The van der Waals surface area contributed by atoms with Crippen molar-refractivity contribution >= 4 is 33.3 Å². The van der Waals surface area contributed by atoms with Gasteiger partial charge < -0.3 is 19.3 Å². The number of aliphatic carboxylic acids is 1. The lowest BCUT2D eigenvalue weighted by atomic mass is 9.81. The Bertz CT molecular complexity index is 1200. The van der Waals surface area contributed by atoms with E-state index in [1.807, 2.05) is 22.8 Å². The van der Waals surface area contributed by atoms with Crippen LogP contribution < -0.4 is 5.56 Å². The number of amides is 1. The number of carboxylic acid groups (broad SMARTS) is 1. The van der Waals surface area contributed by atoms with Crippen LogP contribution in [0.2, 0.25) is 0 Å². The monoisotopic (exact) mass is 438 g/mol. The molecule has 0 saturated carbocycles. The summed E-state index contributed by atoms with van der Waals surface area (Å²) in [6, 6.07) is 14.0. The highest BCUT2D eigenvalue weighted by Crippen LogP contribution is 2.42. The largest absolute Gasteiger partial charge is 0.480 e. The van der Waals surface area contributed by atoms with E-state index in [1.54, 1.807) is 22.3 Å². The first-order valence-electron chi connectivity index (χ1n) is 10.3. The molecule has 1 amide bonds. The van der Waals surface area contributed by atoms with Crippen molar-refractivity contribution in [3.05, 3.63) is 58.5 Å². The fraction of sp³-hybridized carbons (Fsp3) is 0.348. The van der Waals surface area contributed by atoms with Crippen LogP contribution in [0.3, 0.4) is 0 Å². The molecule has 8 heteroatoms. The Morgan fingerprint density at radius 1 is 1.10 bits per heavy atom. The molecule has 0 radical (unpaired) electrons. The molecule has 3 aromatic rings. The Kier molecular flexibility index (Phi) is 5.11. The quantitative estimate of drug-likeness (QED) is 0.662. The van der Waals surface area contributed by atoms with Gasteiger partial charge in [0.25, 0.3) is 5.56 Å². The Labute approximate surface area is 182 Å². The van der Waals surface area contributed by atoms with E-state index in [2.05, 4.69) is 18.2 Å². The number of nitrogens with zero attached hydrogens (tertiary/aromatic N) is 2. The number of carbonyl (C=O) groups is 2. The molecule has 2 aromatic heterocycles. The SMILES string of the molecule is O=C(O)COCC(=O)N1CC2CC(C1)c1c(-c3cc4ccccc4s3)ccc(=O)n1C2. The van der Waals surface area contributed by atoms with Crippen LogP contribution in [-0.4, -0.2) is 52.8 Å². The van der Waals surface area contributed by atoms with E-state index >= 15 is 0 Å². The number of aromatic nitrogens is 1. The number of hydrogen-bond acceptors (Lipinski definition) is 5. The van der Waals surface area contributed by atoms with Gasteiger partial charge in [-0.1, -0.05) is 18.2 Å². The third-order valence-corrected chi connectivity index (χ3v) is 7.23. The second-order valence-corrected chi connectivity index (χ2v) is 9.30. The van der Waals surface area contributed by atoms with Gasteiger partial charge in [0, 0.05) is 52.5 Å². The summed E-state index contributed by atoms with van der Waals surface area (Å²) in [6.07, 6.45) is 0.932. The van der Waals surface area contributed by atoms with Crippen LogP contribution in [-0.2, 0) is 20.9 Å². The first-order chi connectivity index (χ1) is 15.0. The molecule has 1 N–H and O–H groups in total. The van der Waals surface area contributed by atoms with E-state index < -0.39 is 12.6 Å². The van der Waals surface area contributed by atoms with E-state index in [1.165, 1.54) is 10.1 Å². The van der Waals surface area contributed by atoms with Crippen LogP contribution in [0.15, 0.2) is 47.3 Å². The minimum atomic E-state index is -1.09. The molecule has 31 heavy (non-hydrogen) atoms. The first-order valence-corrected chi connectivity index (χ1v) is 11.1. The zero-order valence-electron chi connectivity index (χ0n) is 16.8. The summed E-state index contributed by atoms with van der Waals surface area (Å²) in [5.74, 6) is -1.04. The van der Waals surface area contributed by atoms with Gasteiger partial charge >= 0.3 is 5.97 Å². The van der Waals surface area contributed by atoms with Gasteiger partial charge in [0.05, 0.1) is 0 Å². The predicted molar refractivity (Wildman–Crippen MR) is 117 cm³/mol. The summed E-state index contributed by atoms with van der Waals surface area (Å²) in [5.41, 5.74) is 2.05. The van der Waals surface area contributed by atoms with Crippen LogP contribution >= 0.6 is 11.3 Å². The van der Waals surface area contributed by atoms with Crippen molar-refractivity contribution in [2.75, 3.05) is 26.3 Å². The van der Waals surface area contributed by atoms with Gasteiger partial charge in [0.2, 0.25) is 5.91 Å². The fourth-order valence-electron chi connectivity index (χ4n) is 4.86. The van der Waals surface area contributed by atoms with E-state index in [4.69, 9.17) is 9.84 Å². The lowest BCUT2D eigenvalue weighted by Crippen LogP contribution is -2.50. The Morgan fingerprint density at radius 3 is 2.74 bits per heavy atom. The summed E-state index contributed by atoms with van der Waals surface area (Å²) in [4.78, 5) is 38.8. The van der Waals surface area contributed by atoms with Gasteiger partial charge in [-0.05, 0) is 35.9 Å². The minimum absolute atomic E-state index is 0.000806. The molecule has 2 aliphatic rings. The molecule has 7 nitrogen and oxygen atoms in total. The number of pyridine rings is 1. The van der Waals surface area contributed by atoms with E-state index in [9.17, 15) is 14.4 Å². The number of fused-ring (bicyclic) bond motifs is 5. The van der Waals surface area contributed by atoms with E-state index in [0.29, 0.717) is 19.6 Å². The lowest BCUT2D eigenvalue weighted by molar-refractivity contribution is -0.146. The highest BCUT2D eigenvalue weighted by Gasteiger charge is 2.38. The summed E-state index contributed by atoms with van der Waals surface area (Å²) in [6.45, 7) is 0.929. The maximum atomic E-state index is 12.7. The Hall–Kier alpha value is -2.97. The fourth-order valence-corrected chi connectivity index (χ4v) is 5.96. The number of benzene rings is 1. The number of carbonyl (C=O) groups excluding carboxylic acids is 1. The average molecular weight is 439 g/mol. The molecule has 2 unspecified atom stereocenters. The average Bonchev–Trinajstić information content (AvgIpc) is 3.18. The van der Waals surface area contributed by atoms with E-state index in [0.717, 1.165) is 22.6 Å². The van der Waals surface area contributed by atoms with Crippen LogP contribution in [0.25, 0.3) is 20.5 Å². The maximum Gasteiger partial charge on any atom is 0.329 e. The Morgan fingerprint density at radius 2 is 1.94 bits per heavy atom. The molecule has 2 aliphatic heterocycles. The third kappa shape index (κ3) is 3.77.